The standard InChI is InChI=1S/C15H13IN2O/c1-11-9-13(16)5-6-14(11)18-15(19)7-4-12-3-2-8-17-10-12/h2-10H,1H3,(H,18,19)/b7-4+. The molecule has 19 heavy (non-hydrogen) atoms. The first-order chi connectivity index (χ1) is 9.15. The third-order valence-electron chi connectivity index (χ3n) is 2.56. The van der Waals surface area contributed by atoms with Gasteiger partial charge in [0.15, 0.2) is 0 Å². The van der Waals surface area contributed by atoms with Crippen LogP contribution in [0.1, 0.15) is 11.1 Å². The molecule has 2 aromatic rings. The molecule has 0 aliphatic rings. The fourth-order valence-electron chi connectivity index (χ4n) is 1.59. The van der Waals surface area contributed by atoms with Gasteiger partial charge in [-0.3, -0.25) is 9.78 Å². The van der Waals surface area contributed by atoms with Crippen molar-refractivity contribution in [1.82, 2.24) is 4.98 Å². The van der Waals surface area contributed by atoms with Crippen molar-refractivity contribution in [2.75, 3.05) is 5.32 Å². The van der Waals surface area contributed by atoms with Gasteiger partial charge in [0.2, 0.25) is 5.91 Å². The minimum atomic E-state index is -0.145. The van der Waals surface area contributed by atoms with Gasteiger partial charge in [-0.25, -0.2) is 0 Å². The van der Waals surface area contributed by atoms with Crippen molar-refractivity contribution in [2.45, 2.75) is 6.92 Å². The number of nitrogens with one attached hydrogen (secondary N) is 1. The second kappa shape index (κ2) is 6.47. The van der Waals surface area contributed by atoms with Gasteiger partial charge in [-0.1, -0.05) is 6.07 Å². The number of nitrogens with zero attached hydrogens (tertiary/aromatic N) is 1. The highest BCUT2D eigenvalue weighted by molar-refractivity contribution is 14.1. The molecule has 2 rings (SSSR count). The predicted octanol–water partition coefficient (Wildman–Crippen LogP) is 3.65. The molecule has 1 amide bonds. The molecule has 0 spiro atoms. The molecular formula is C15H13IN2O. The monoisotopic (exact) mass is 364 g/mol. The molecule has 0 saturated heterocycles. The average Bonchev–Trinajstić information content (AvgIpc) is 2.41. The maximum atomic E-state index is 11.8. The van der Waals surface area contributed by atoms with Crippen molar-refractivity contribution in [1.29, 1.82) is 0 Å². The molecule has 0 radical (unpaired) electrons. The number of aryl methyl sites for hydroxylation is 1. The van der Waals surface area contributed by atoms with Crippen LogP contribution in [0.5, 0.6) is 0 Å². The lowest BCUT2D eigenvalue weighted by Crippen LogP contribution is -2.08. The molecular weight excluding hydrogens is 351 g/mol. The van der Waals surface area contributed by atoms with Crippen LogP contribution in [0.15, 0.2) is 48.8 Å². The molecule has 0 unspecified atom stereocenters. The molecule has 0 aliphatic heterocycles. The number of hydrogen-bond donors (Lipinski definition) is 1. The summed E-state index contributed by atoms with van der Waals surface area (Å²) >= 11 is 2.25. The van der Waals surface area contributed by atoms with Crippen LogP contribution in [0, 0.1) is 10.5 Å². The summed E-state index contributed by atoms with van der Waals surface area (Å²) in [5.41, 5.74) is 2.79. The number of anilines is 1. The van der Waals surface area contributed by atoms with E-state index in [1.54, 1.807) is 18.5 Å². The molecule has 1 aromatic carbocycles. The minimum absolute atomic E-state index is 0.145. The molecule has 1 aromatic heterocycles. The Kier molecular flexibility index (Phi) is 4.68. The van der Waals surface area contributed by atoms with E-state index in [1.807, 2.05) is 37.3 Å². The zero-order chi connectivity index (χ0) is 13.7. The van der Waals surface area contributed by atoms with Gasteiger partial charge in [0, 0.05) is 27.7 Å². The van der Waals surface area contributed by atoms with Crippen molar-refractivity contribution in [2.24, 2.45) is 0 Å². The number of aromatic nitrogens is 1. The molecule has 1 N–H and O–H groups in total. The van der Waals surface area contributed by atoms with Gasteiger partial charge < -0.3 is 5.32 Å². The zero-order valence-corrected chi connectivity index (χ0v) is 12.6. The van der Waals surface area contributed by atoms with E-state index in [0.29, 0.717) is 0 Å². The van der Waals surface area contributed by atoms with Crippen LogP contribution in [0.2, 0.25) is 0 Å². The van der Waals surface area contributed by atoms with E-state index in [2.05, 4.69) is 32.9 Å². The number of amides is 1. The normalized spacial score (nSPS) is 10.6. The lowest BCUT2D eigenvalue weighted by atomic mass is 10.2. The van der Waals surface area contributed by atoms with E-state index < -0.39 is 0 Å². The summed E-state index contributed by atoms with van der Waals surface area (Å²) in [6.07, 6.45) is 6.66. The van der Waals surface area contributed by atoms with Crippen LogP contribution >= 0.6 is 22.6 Å². The quantitative estimate of drug-likeness (QED) is 0.668. The fourth-order valence-corrected chi connectivity index (χ4v) is 2.24. The third kappa shape index (κ3) is 4.17. The Morgan fingerprint density at radius 2 is 2.21 bits per heavy atom. The van der Waals surface area contributed by atoms with Gasteiger partial charge in [0.1, 0.15) is 0 Å². The summed E-state index contributed by atoms with van der Waals surface area (Å²) in [7, 11) is 0. The summed E-state index contributed by atoms with van der Waals surface area (Å²) in [4.78, 5) is 15.8. The van der Waals surface area contributed by atoms with Crippen molar-refractivity contribution in [3.8, 4) is 0 Å². The average molecular weight is 364 g/mol. The minimum Gasteiger partial charge on any atom is -0.322 e. The van der Waals surface area contributed by atoms with Crippen molar-refractivity contribution in [3.63, 3.8) is 0 Å². The molecule has 0 bridgehead atoms. The zero-order valence-electron chi connectivity index (χ0n) is 10.4. The Hall–Kier alpha value is -1.69. The number of hydrogen-bond acceptors (Lipinski definition) is 2. The van der Waals surface area contributed by atoms with Crippen molar-refractivity contribution >= 4 is 40.3 Å². The Bertz CT molecular complexity index is 609. The molecule has 1 heterocycles. The number of carbonyl (C=O) groups excluding carboxylic acids is 1. The highest BCUT2D eigenvalue weighted by atomic mass is 127. The number of carbonyl (C=O) groups is 1. The van der Waals surface area contributed by atoms with Crippen LogP contribution in [0.4, 0.5) is 5.69 Å². The molecule has 0 atom stereocenters. The summed E-state index contributed by atoms with van der Waals surface area (Å²) < 4.78 is 1.15. The van der Waals surface area contributed by atoms with E-state index in [-0.39, 0.29) is 5.91 Å². The van der Waals surface area contributed by atoms with E-state index >= 15 is 0 Å². The maximum absolute atomic E-state index is 11.8. The lowest BCUT2D eigenvalue weighted by Gasteiger charge is -2.06. The summed E-state index contributed by atoms with van der Waals surface area (Å²) in [6.45, 7) is 1.97. The van der Waals surface area contributed by atoms with Crippen molar-refractivity contribution in [3.05, 3.63) is 63.5 Å². The molecule has 0 fully saturated rings. The molecule has 3 nitrogen and oxygen atoms in total. The van der Waals surface area contributed by atoms with Crippen LogP contribution < -0.4 is 5.32 Å². The van der Waals surface area contributed by atoms with E-state index in [0.717, 1.165) is 20.4 Å². The van der Waals surface area contributed by atoms with E-state index in [9.17, 15) is 4.79 Å². The van der Waals surface area contributed by atoms with E-state index in [1.165, 1.54) is 6.08 Å². The number of rotatable bonds is 3. The van der Waals surface area contributed by atoms with Gasteiger partial charge in [0.25, 0.3) is 0 Å². The highest BCUT2D eigenvalue weighted by Gasteiger charge is 2.01. The summed E-state index contributed by atoms with van der Waals surface area (Å²) in [5.74, 6) is -0.145. The summed E-state index contributed by atoms with van der Waals surface area (Å²) in [6, 6.07) is 9.63. The van der Waals surface area contributed by atoms with Crippen LogP contribution in [-0.4, -0.2) is 10.9 Å². The number of pyridine rings is 1. The first kappa shape index (κ1) is 13.7. The molecule has 0 saturated carbocycles. The Morgan fingerprint density at radius 1 is 1.37 bits per heavy atom. The topological polar surface area (TPSA) is 42.0 Å². The second-order valence-electron chi connectivity index (χ2n) is 4.07. The highest BCUT2D eigenvalue weighted by Crippen LogP contribution is 2.17. The van der Waals surface area contributed by atoms with Gasteiger partial charge >= 0.3 is 0 Å². The fraction of sp³-hybridized carbons (Fsp3) is 0.0667. The molecule has 0 aliphatic carbocycles. The Labute approximate surface area is 125 Å². The Balaban J connectivity index is 2.04. The SMILES string of the molecule is Cc1cc(I)ccc1NC(=O)/C=C/c1cccnc1. The molecule has 96 valence electrons. The van der Waals surface area contributed by atoms with Gasteiger partial charge in [0.05, 0.1) is 0 Å². The second-order valence-corrected chi connectivity index (χ2v) is 5.31. The van der Waals surface area contributed by atoms with Crippen molar-refractivity contribution < 1.29 is 4.79 Å². The number of benzene rings is 1. The smallest absolute Gasteiger partial charge is 0.248 e. The predicted molar refractivity (Wildman–Crippen MR) is 85.8 cm³/mol. The largest absolute Gasteiger partial charge is 0.322 e. The first-order valence-corrected chi connectivity index (χ1v) is 6.88. The van der Waals surface area contributed by atoms with Gasteiger partial charge in [-0.15, -0.1) is 0 Å². The van der Waals surface area contributed by atoms with Crippen LogP contribution in [-0.2, 0) is 4.79 Å². The Morgan fingerprint density at radius 3 is 2.89 bits per heavy atom. The van der Waals surface area contributed by atoms with E-state index in [4.69, 9.17) is 0 Å². The third-order valence-corrected chi connectivity index (χ3v) is 3.23. The summed E-state index contributed by atoms with van der Waals surface area (Å²) in [5, 5.41) is 2.86. The molecule has 4 heteroatoms. The van der Waals surface area contributed by atoms with Crippen LogP contribution in [0.3, 0.4) is 0 Å². The van der Waals surface area contributed by atoms with Gasteiger partial charge in [-0.2, -0.15) is 0 Å². The lowest BCUT2D eigenvalue weighted by molar-refractivity contribution is -0.111. The first-order valence-electron chi connectivity index (χ1n) is 5.80. The number of halogens is 1. The van der Waals surface area contributed by atoms with Crippen LogP contribution in [0.25, 0.3) is 6.08 Å². The van der Waals surface area contributed by atoms with Gasteiger partial charge in [-0.05, 0) is 71.0 Å². The maximum Gasteiger partial charge on any atom is 0.248 e.